The Morgan fingerprint density at radius 2 is 1.41 bits per heavy atom. The van der Waals surface area contributed by atoms with Crippen LogP contribution in [0, 0.1) is 0 Å². The maximum Gasteiger partial charge on any atom is 0.123 e. The highest BCUT2D eigenvalue weighted by Gasteiger charge is 2.05. The molecule has 0 saturated carbocycles. The Kier molecular flexibility index (Phi) is 2.43. The molecule has 82 valence electrons. The molecule has 0 aliphatic heterocycles. The van der Waals surface area contributed by atoms with Gasteiger partial charge in [0.15, 0.2) is 0 Å². The minimum absolute atomic E-state index is 0.352. The third kappa shape index (κ3) is 2.12. The summed E-state index contributed by atoms with van der Waals surface area (Å²) in [7, 11) is 0. The van der Waals surface area contributed by atoms with Gasteiger partial charge in [0.1, 0.15) is 5.01 Å². The first-order chi connectivity index (χ1) is 8.84. The molecular formula is C15H11NS. The van der Waals surface area contributed by atoms with E-state index in [1.54, 1.807) is 11.3 Å². The zero-order valence-corrected chi connectivity index (χ0v) is 9.95. The van der Waals surface area contributed by atoms with Crippen molar-refractivity contribution in [3.05, 3.63) is 66.8 Å². The fraction of sp³-hybridized carbons (Fsp3) is 0. The van der Waals surface area contributed by atoms with Crippen molar-refractivity contribution in [1.29, 1.82) is 0 Å². The Hall–Kier alpha value is -1.93. The van der Waals surface area contributed by atoms with E-state index in [2.05, 4.69) is 4.98 Å². The molecule has 0 aliphatic rings. The van der Waals surface area contributed by atoms with Crippen molar-refractivity contribution < 1.29 is 1.37 Å². The molecule has 0 unspecified atom stereocenters. The van der Waals surface area contributed by atoms with Crippen LogP contribution in [0.15, 0.2) is 66.8 Å². The summed E-state index contributed by atoms with van der Waals surface area (Å²) in [5.74, 6) is 0. The Morgan fingerprint density at radius 3 is 2.06 bits per heavy atom. The van der Waals surface area contributed by atoms with Gasteiger partial charge in [0.05, 0.1) is 6.25 Å². The summed E-state index contributed by atoms with van der Waals surface area (Å²) in [6, 6.07) is 20.0. The molecule has 1 aromatic heterocycles. The topological polar surface area (TPSA) is 12.9 Å². The maximum atomic E-state index is 7.98. The van der Waals surface area contributed by atoms with Crippen molar-refractivity contribution in [3.63, 3.8) is 0 Å². The van der Waals surface area contributed by atoms with Crippen LogP contribution in [-0.2, 0) is 0 Å². The first-order valence-corrected chi connectivity index (χ1v) is 6.24. The minimum atomic E-state index is 0.352. The van der Waals surface area contributed by atoms with E-state index in [-0.39, 0.29) is 0 Å². The number of rotatable bonds is 2. The molecule has 0 saturated heterocycles. The Labute approximate surface area is 106 Å². The normalized spacial score (nSPS) is 11.2. The van der Waals surface area contributed by atoms with Gasteiger partial charge in [-0.15, -0.1) is 11.3 Å². The fourth-order valence-corrected chi connectivity index (χ4v) is 2.54. The van der Waals surface area contributed by atoms with Gasteiger partial charge in [0.25, 0.3) is 0 Å². The van der Waals surface area contributed by atoms with Crippen LogP contribution in [0.4, 0.5) is 0 Å². The lowest BCUT2D eigenvalue weighted by Crippen LogP contribution is -1.71. The molecule has 2 heteroatoms. The van der Waals surface area contributed by atoms with Crippen molar-refractivity contribution in [3.8, 4) is 21.0 Å². The Morgan fingerprint density at radius 1 is 0.824 bits per heavy atom. The molecule has 0 atom stereocenters. The van der Waals surface area contributed by atoms with E-state index < -0.39 is 0 Å². The third-order valence-corrected chi connectivity index (χ3v) is 3.57. The molecule has 0 spiro atoms. The van der Waals surface area contributed by atoms with E-state index in [9.17, 15) is 0 Å². The van der Waals surface area contributed by atoms with Gasteiger partial charge in [-0.1, -0.05) is 60.7 Å². The first-order valence-electron chi connectivity index (χ1n) is 5.93. The Bertz CT molecular complexity index is 647. The summed E-state index contributed by atoms with van der Waals surface area (Å²) in [5.41, 5.74) is 2.13. The molecule has 2 aromatic carbocycles. The van der Waals surface area contributed by atoms with Crippen LogP contribution in [-0.4, -0.2) is 4.98 Å². The molecule has 0 N–H and O–H groups in total. The highest BCUT2D eigenvalue weighted by molar-refractivity contribution is 7.18. The summed E-state index contributed by atoms with van der Waals surface area (Å²) in [5, 5.41) is 0.902. The molecule has 1 heterocycles. The Balaban J connectivity index is 2.07. The minimum Gasteiger partial charge on any atom is -0.244 e. The molecule has 0 bridgehead atoms. The van der Waals surface area contributed by atoms with Gasteiger partial charge in [-0.05, 0) is 5.56 Å². The van der Waals surface area contributed by atoms with Crippen LogP contribution in [0.1, 0.15) is 1.37 Å². The summed E-state index contributed by atoms with van der Waals surface area (Å²) >= 11 is 1.57. The second-order valence-electron chi connectivity index (χ2n) is 3.69. The highest BCUT2D eigenvalue weighted by Crippen LogP contribution is 2.31. The lowest BCUT2D eigenvalue weighted by atomic mass is 10.2. The largest absolute Gasteiger partial charge is 0.244 e. The number of benzene rings is 2. The van der Waals surface area contributed by atoms with E-state index in [0.717, 1.165) is 21.0 Å². The quantitative estimate of drug-likeness (QED) is 0.641. The summed E-state index contributed by atoms with van der Waals surface area (Å²) in [4.78, 5) is 5.27. The van der Waals surface area contributed by atoms with Gasteiger partial charge in [-0.2, -0.15) is 0 Å². The molecule has 3 rings (SSSR count). The molecular weight excluding hydrogens is 226 g/mol. The van der Waals surface area contributed by atoms with Crippen LogP contribution in [0.25, 0.3) is 21.0 Å². The molecule has 0 radical (unpaired) electrons. The SMILES string of the molecule is [2H]c1nc(-c2ccccc2)sc1-c1ccccc1. The molecule has 17 heavy (non-hydrogen) atoms. The lowest BCUT2D eigenvalue weighted by Gasteiger charge is -1.95. The fourth-order valence-electron chi connectivity index (χ4n) is 1.66. The lowest BCUT2D eigenvalue weighted by molar-refractivity contribution is 1.41. The zero-order valence-electron chi connectivity index (χ0n) is 10.1. The summed E-state index contributed by atoms with van der Waals surface area (Å²) in [6.07, 6.45) is 0.352. The van der Waals surface area contributed by atoms with Gasteiger partial charge in [0.2, 0.25) is 0 Å². The maximum absolute atomic E-state index is 7.98. The van der Waals surface area contributed by atoms with E-state index in [0.29, 0.717) is 6.17 Å². The molecule has 3 aromatic rings. The molecule has 1 nitrogen and oxygen atoms in total. The number of nitrogens with zero attached hydrogens (tertiary/aromatic N) is 1. The average Bonchev–Trinajstić information content (AvgIpc) is 2.83. The van der Waals surface area contributed by atoms with Gasteiger partial charge in [-0.3, -0.25) is 0 Å². The highest BCUT2D eigenvalue weighted by atomic mass is 32.1. The van der Waals surface area contributed by atoms with E-state index in [1.165, 1.54) is 0 Å². The van der Waals surface area contributed by atoms with Crippen molar-refractivity contribution >= 4 is 11.3 Å². The van der Waals surface area contributed by atoms with Crippen LogP contribution in [0.3, 0.4) is 0 Å². The second-order valence-corrected chi connectivity index (χ2v) is 4.69. The predicted octanol–water partition coefficient (Wildman–Crippen LogP) is 4.48. The van der Waals surface area contributed by atoms with Gasteiger partial charge < -0.3 is 0 Å². The van der Waals surface area contributed by atoms with Crippen molar-refractivity contribution in [2.24, 2.45) is 0 Å². The van der Waals surface area contributed by atoms with Crippen LogP contribution in [0.5, 0.6) is 0 Å². The molecule has 0 fully saturated rings. The zero-order chi connectivity index (χ0) is 12.4. The number of thiazole rings is 1. The van der Waals surface area contributed by atoms with Crippen LogP contribution >= 0.6 is 11.3 Å². The molecule has 0 amide bonds. The average molecular weight is 238 g/mol. The monoisotopic (exact) mass is 238 g/mol. The summed E-state index contributed by atoms with van der Waals surface area (Å²) in [6.45, 7) is 0. The third-order valence-electron chi connectivity index (χ3n) is 2.51. The predicted molar refractivity (Wildman–Crippen MR) is 73.0 cm³/mol. The van der Waals surface area contributed by atoms with E-state index in [1.807, 2.05) is 60.7 Å². The van der Waals surface area contributed by atoms with E-state index >= 15 is 0 Å². The van der Waals surface area contributed by atoms with Crippen molar-refractivity contribution in [1.82, 2.24) is 4.98 Å². The van der Waals surface area contributed by atoms with Gasteiger partial charge in [-0.25, -0.2) is 4.98 Å². The van der Waals surface area contributed by atoms with Crippen molar-refractivity contribution in [2.75, 3.05) is 0 Å². The number of hydrogen-bond acceptors (Lipinski definition) is 2. The number of hydrogen-bond donors (Lipinski definition) is 0. The second kappa shape index (κ2) is 4.52. The van der Waals surface area contributed by atoms with Crippen molar-refractivity contribution in [2.45, 2.75) is 0 Å². The summed E-state index contributed by atoms with van der Waals surface area (Å²) < 4.78 is 7.98. The smallest absolute Gasteiger partial charge is 0.123 e. The van der Waals surface area contributed by atoms with E-state index in [4.69, 9.17) is 1.37 Å². The number of aromatic nitrogens is 1. The van der Waals surface area contributed by atoms with Crippen LogP contribution < -0.4 is 0 Å². The van der Waals surface area contributed by atoms with Gasteiger partial charge in [0, 0.05) is 11.7 Å². The molecule has 0 aliphatic carbocycles. The van der Waals surface area contributed by atoms with Gasteiger partial charge >= 0.3 is 0 Å². The van der Waals surface area contributed by atoms with Crippen LogP contribution in [0.2, 0.25) is 0 Å². The standard InChI is InChI=1S/C15H11NS/c1-3-7-12(8-4-1)14-11-16-15(17-14)13-9-5-2-6-10-13/h1-11H/i11D. The first kappa shape index (κ1) is 9.14.